The third-order valence-electron chi connectivity index (χ3n) is 7.17. The molecule has 2 aliphatic heterocycles. The number of nitrogens with zero attached hydrogens (tertiary/aromatic N) is 2. The summed E-state index contributed by atoms with van der Waals surface area (Å²) in [6.07, 6.45) is 2.29. The van der Waals surface area contributed by atoms with Gasteiger partial charge in [-0.25, -0.2) is 9.79 Å². The SMILES string of the molecule is CCC1=C(C(=O)OC)[C@@H](c2ccccc2)n2c(s/c(=C\c3cc(OC)c(OCc4ccc5c(c4)OCO5)cc3Br)c2=O)=N1. The van der Waals surface area contributed by atoms with Crippen LogP contribution >= 0.6 is 27.3 Å². The molecular formula is C32H27BrN2O7S. The fraction of sp³-hybridized carbons (Fsp3) is 0.219. The first-order valence-electron chi connectivity index (χ1n) is 13.5. The van der Waals surface area contributed by atoms with Crippen LogP contribution in [0, 0.1) is 0 Å². The van der Waals surface area contributed by atoms with Crippen LogP contribution in [0.2, 0.25) is 0 Å². The molecule has 0 amide bonds. The van der Waals surface area contributed by atoms with Crippen molar-refractivity contribution in [3.63, 3.8) is 0 Å². The van der Waals surface area contributed by atoms with Crippen LogP contribution in [-0.2, 0) is 16.1 Å². The highest BCUT2D eigenvalue weighted by Crippen LogP contribution is 2.36. The van der Waals surface area contributed by atoms with Crippen LogP contribution in [0.5, 0.6) is 23.0 Å². The first-order valence-corrected chi connectivity index (χ1v) is 15.1. The fourth-order valence-corrected chi connectivity index (χ4v) is 6.53. The second-order valence-electron chi connectivity index (χ2n) is 9.70. The number of rotatable bonds is 8. The van der Waals surface area contributed by atoms with Crippen LogP contribution < -0.4 is 33.8 Å². The molecule has 6 rings (SSSR count). The molecule has 0 aliphatic carbocycles. The van der Waals surface area contributed by atoms with E-state index in [1.165, 1.54) is 18.4 Å². The van der Waals surface area contributed by atoms with Crippen molar-refractivity contribution in [3.05, 3.63) is 113 Å². The van der Waals surface area contributed by atoms with Crippen molar-refractivity contribution in [3.8, 4) is 23.0 Å². The monoisotopic (exact) mass is 662 g/mol. The first kappa shape index (κ1) is 28.8. The molecule has 0 saturated carbocycles. The number of fused-ring (bicyclic) bond motifs is 2. The Bertz CT molecular complexity index is 1930. The highest BCUT2D eigenvalue weighted by molar-refractivity contribution is 9.10. The molecular weight excluding hydrogens is 636 g/mol. The average molecular weight is 664 g/mol. The number of hydrogen-bond donors (Lipinski definition) is 0. The fourth-order valence-electron chi connectivity index (χ4n) is 5.08. The Morgan fingerprint density at radius 2 is 1.88 bits per heavy atom. The lowest BCUT2D eigenvalue weighted by atomic mass is 9.95. The molecule has 1 aromatic heterocycles. The normalized spacial score (nSPS) is 15.6. The summed E-state index contributed by atoms with van der Waals surface area (Å²) in [6, 6.07) is 18.1. The smallest absolute Gasteiger partial charge is 0.338 e. The van der Waals surface area contributed by atoms with Crippen molar-refractivity contribution in [1.29, 1.82) is 0 Å². The number of allylic oxidation sites excluding steroid dienone is 1. The van der Waals surface area contributed by atoms with Gasteiger partial charge in [0, 0.05) is 4.47 Å². The number of carbonyl (C=O) groups is 1. The van der Waals surface area contributed by atoms with Crippen molar-refractivity contribution in [2.75, 3.05) is 21.0 Å². The average Bonchev–Trinajstić information content (AvgIpc) is 3.63. The van der Waals surface area contributed by atoms with Crippen molar-refractivity contribution in [2.45, 2.75) is 26.0 Å². The number of hydrogen-bond acceptors (Lipinski definition) is 9. The maximum absolute atomic E-state index is 13.9. The van der Waals surface area contributed by atoms with Crippen molar-refractivity contribution < 1.29 is 28.5 Å². The topological polar surface area (TPSA) is 97.6 Å². The van der Waals surface area contributed by atoms with Crippen molar-refractivity contribution in [1.82, 2.24) is 4.57 Å². The Balaban J connectivity index is 1.38. The summed E-state index contributed by atoms with van der Waals surface area (Å²) in [7, 11) is 2.90. The van der Waals surface area contributed by atoms with E-state index in [2.05, 4.69) is 15.9 Å². The molecule has 3 aromatic carbocycles. The van der Waals surface area contributed by atoms with Crippen molar-refractivity contribution >= 4 is 39.3 Å². The zero-order valence-corrected chi connectivity index (χ0v) is 26.0. The number of thiazole rings is 1. The Hall–Kier alpha value is -4.35. The van der Waals surface area contributed by atoms with Gasteiger partial charge in [0.2, 0.25) is 6.79 Å². The minimum absolute atomic E-state index is 0.207. The van der Waals surface area contributed by atoms with E-state index in [0.29, 0.717) is 61.1 Å². The zero-order chi connectivity index (χ0) is 30.1. The Morgan fingerprint density at radius 3 is 2.63 bits per heavy atom. The molecule has 9 nitrogen and oxygen atoms in total. The third-order valence-corrected chi connectivity index (χ3v) is 8.84. The maximum atomic E-state index is 13.9. The van der Waals surface area contributed by atoms with Gasteiger partial charge in [-0.2, -0.15) is 0 Å². The highest BCUT2D eigenvalue weighted by Gasteiger charge is 2.33. The highest BCUT2D eigenvalue weighted by atomic mass is 79.9. The van der Waals surface area contributed by atoms with E-state index in [0.717, 1.165) is 16.7 Å². The van der Waals surface area contributed by atoms with Crippen LogP contribution in [-0.4, -0.2) is 31.5 Å². The van der Waals surface area contributed by atoms with Gasteiger partial charge in [0.25, 0.3) is 5.56 Å². The number of methoxy groups -OCH3 is 2. The number of esters is 1. The van der Waals surface area contributed by atoms with E-state index in [4.69, 9.17) is 28.7 Å². The van der Waals surface area contributed by atoms with E-state index >= 15 is 0 Å². The Morgan fingerprint density at radius 1 is 1.09 bits per heavy atom. The predicted molar refractivity (Wildman–Crippen MR) is 164 cm³/mol. The Kier molecular flexibility index (Phi) is 8.09. The van der Waals surface area contributed by atoms with E-state index in [1.807, 2.05) is 67.6 Å². The summed E-state index contributed by atoms with van der Waals surface area (Å²) in [5.74, 6) is 1.93. The van der Waals surface area contributed by atoms with Crippen LogP contribution in [0.1, 0.15) is 36.1 Å². The van der Waals surface area contributed by atoms with Gasteiger partial charge < -0.3 is 23.7 Å². The van der Waals surface area contributed by atoms with Crippen LogP contribution in [0.4, 0.5) is 0 Å². The molecule has 3 heterocycles. The minimum atomic E-state index is -0.660. The third kappa shape index (κ3) is 5.46. The molecule has 0 bridgehead atoms. The van der Waals surface area contributed by atoms with Gasteiger partial charge in [-0.1, -0.05) is 70.6 Å². The first-order chi connectivity index (χ1) is 20.9. The number of benzene rings is 3. The van der Waals surface area contributed by atoms with Crippen LogP contribution in [0.3, 0.4) is 0 Å². The molecule has 220 valence electrons. The van der Waals surface area contributed by atoms with Gasteiger partial charge in [-0.3, -0.25) is 9.36 Å². The number of halogens is 1. The largest absolute Gasteiger partial charge is 0.493 e. The quantitative estimate of drug-likeness (QED) is 0.248. The number of carbonyl (C=O) groups excluding carboxylic acids is 1. The van der Waals surface area contributed by atoms with Crippen molar-refractivity contribution in [2.24, 2.45) is 4.99 Å². The zero-order valence-electron chi connectivity index (χ0n) is 23.6. The second kappa shape index (κ2) is 12.1. The molecule has 1 atom stereocenters. The number of ether oxygens (including phenoxy) is 5. The Labute approximate surface area is 259 Å². The molecule has 0 saturated heterocycles. The number of aromatic nitrogens is 1. The summed E-state index contributed by atoms with van der Waals surface area (Å²) in [5, 5.41) is 0. The molecule has 2 aliphatic rings. The van der Waals surface area contributed by atoms with Crippen LogP contribution in [0.25, 0.3) is 6.08 Å². The van der Waals surface area contributed by atoms with Crippen LogP contribution in [0.15, 0.2) is 86.2 Å². The van der Waals surface area contributed by atoms with Gasteiger partial charge in [0.15, 0.2) is 27.8 Å². The molecule has 0 fully saturated rings. The van der Waals surface area contributed by atoms with Gasteiger partial charge >= 0.3 is 5.97 Å². The molecule has 4 aromatic rings. The van der Waals surface area contributed by atoms with Gasteiger partial charge in [-0.05, 0) is 53.5 Å². The molecule has 0 unspecified atom stereocenters. The molecule has 0 radical (unpaired) electrons. The summed E-state index contributed by atoms with van der Waals surface area (Å²) in [5.41, 5.74) is 3.13. The standard InChI is InChI=1S/C32H27BrN2O7S/c1-4-22-28(31(37)39-3)29(19-8-6-5-7-9-19)35-30(36)27(43-32(35)34-22)14-20-13-24(38-2)26(15-21(20)33)40-16-18-10-11-23-25(12-18)42-17-41-23/h5-15,29H,4,16-17H2,1-3H3/b27-14-/t29-/m1/s1. The lowest BCUT2D eigenvalue weighted by Crippen LogP contribution is -2.40. The summed E-state index contributed by atoms with van der Waals surface area (Å²) >= 11 is 4.90. The van der Waals surface area contributed by atoms with Gasteiger partial charge in [-0.15, -0.1) is 0 Å². The summed E-state index contributed by atoms with van der Waals surface area (Å²) in [4.78, 5) is 32.2. The van der Waals surface area contributed by atoms with Gasteiger partial charge in [0.05, 0.1) is 36.1 Å². The molecule has 11 heteroatoms. The van der Waals surface area contributed by atoms with E-state index in [-0.39, 0.29) is 12.4 Å². The summed E-state index contributed by atoms with van der Waals surface area (Å²) < 4.78 is 30.4. The molecule has 43 heavy (non-hydrogen) atoms. The van der Waals surface area contributed by atoms with E-state index in [9.17, 15) is 9.59 Å². The predicted octanol–water partition coefficient (Wildman–Crippen LogP) is 4.88. The van der Waals surface area contributed by atoms with Gasteiger partial charge in [0.1, 0.15) is 6.61 Å². The maximum Gasteiger partial charge on any atom is 0.338 e. The molecule has 0 N–H and O–H groups in total. The second-order valence-corrected chi connectivity index (χ2v) is 11.6. The minimum Gasteiger partial charge on any atom is -0.493 e. The molecule has 0 spiro atoms. The lowest BCUT2D eigenvalue weighted by molar-refractivity contribution is -0.136. The lowest BCUT2D eigenvalue weighted by Gasteiger charge is -2.25. The summed E-state index contributed by atoms with van der Waals surface area (Å²) in [6.45, 7) is 2.43. The van der Waals surface area contributed by atoms with E-state index in [1.54, 1.807) is 17.8 Å². The van der Waals surface area contributed by atoms with E-state index < -0.39 is 12.0 Å².